The summed E-state index contributed by atoms with van der Waals surface area (Å²) in [7, 11) is 0. The third kappa shape index (κ3) is 3.38. The molecule has 2 saturated carbocycles. The fourth-order valence-electron chi connectivity index (χ4n) is 5.43. The van der Waals surface area contributed by atoms with E-state index in [2.05, 4.69) is 34.3 Å². The van der Waals surface area contributed by atoms with E-state index in [9.17, 15) is 10.2 Å². The van der Waals surface area contributed by atoms with Crippen molar-refractivity contribution in [3.05, 3.63) is 12.2 Å². The van der Waals surface area contributed by atoms with Crippen molar-refractivity contribution in [3.8, 4) is 0 Å². The second-order valence-corrected chi connectivity index (χ2v) is 9.01. The summed E-state index contributed by atoms with van der Waals surface area (Å²) in [4.78, 5) is 0. The van der Waals surface area contributed by atoms with Crippen LogP contribution in [-0.2, 0) is 0 Å². The summed E-state index contributed by atoms with van der Waals surface area (Å²) in [5.74, 6) is 1.12. The molecule has 0 aromatic rings. The zero-order chi connectivity index (χ0) is 17.4. The van der Waals surface area contributed by atoms with E-state index in [0.29, 0.717) is 17.8 Å². The van der Waals surface area contributed by atoms with Crippen molar-refractivity contribution in [1.82, 2.24) is 0 Å². The minimum Gasteiger partial charge on any atom is -0.396 e. The quantitative estimate of drug-likeness (QED) is 0.678. The van der Waals surface area contributed by atoms with Gasteiger partial charge in [0, 0.05) is 6.61 Å². The first-order valence-electron chi connectivity index (χ1n) is 9.30. The molecule has 0 unspecified atom stereocenters. The number of rotatable bonds is 5. The highest BCUT2D eigenvalue weighted by Crippen LogP contribution is 2.61. The Balaban J connectivity index is 2.23. The molecule has 0 amide bonds. The van der Waals surface area contributed by atoms with Gasteiger partial charge in [0.1, 0.15) is 0 Å². The van der Waals surface area contributed by atoms with Gasteiger partial charge < -0.3 is 15.3 Å². The third-order valence-electron chi connectivity index (χ3n) is 7.21. The van der Waals surface area contributed by atoms with Crippen molar-refractivity contribution in [2.75, 3.05) is 6.61 Å². The SMILES string of the molecule is C=C1[C@@H](O)C[C@H]2C(C)(C)[C@@H](O)CC[C@]2(C)[C@H]1CC[C@H](C)CCO. The first-order chi connectivity index (χ1) is 10.6. The molecular weight excluding hydrogens is 288 g/mol. The van der Waals surface area contributed by atoms with Gasteiger partial charge in [-0.05, 0) is 66.3 Å². The van der Waals surface area contributed by atoms with Crippen LogP contribution in [0.25, 0.3) is 0 Å². The first kappa shape index (κ1) is 19.0. The minimum atomic E-state index is -0.448. The lowest BCUT2D eigenvalue weighted by atomic mass is 9.46. The maximum atomic E-state index is 10.6. The molecule has 0 heterocycles. The highest BCUT2D eigenvalue weighted by atomic mass is 16.3. The number of aliphatic hydroxyl groups excluding tert-OH is 3. The van der Waals surface area contributed by atoms with Gasteiger partial charge in [0.25, 0.3) is 0 Å². The number of hydrogen-bond donors (Lipinski definition) is 3. The first-order valence-corrected chi connectivity index (χ1v) is 9.30. The van der Waals surface area contributed by atoms with Crippen LogP contribution < -0.4 is 0 Å². The number of fused-ring (bicyclic) bond motifs is 1. The van der Waals surface area contributed by atoms with E-state index in [0.717, 1.165) is 44.1 Å². The molecule has 2 aliphatic rings. The minimum absolute atomic E-state index is 0.109. The van der Waals surface area contributed by atoms with Crippen LogP contribution in [0.15, 0.2) is 12.2 Å². The van der Waals surface area contributed by atoms with E-state index < -0.39 is 6.10 Å². The van der Waals surface area contributed by atoms with Crippen LogP contribution in [0.2, 0.25) is 0 Å². The van der Waals surface area contributed by atoms with E-state index in [4.69, 9.17) is 5.11 Å². The fraction of sp³-hybridized carbons (Fsp3) is 0.900. The highest BCUT2D eigenvalue weighted by molar-refractivity contribution is 5.20. The lowest BCUT2D eigenvalue weighted by molar-refractivity contribution is -0.141. The van der Waals surface area contributed by atoms with Crippen LogP contribution in [-0.4, -0.2) is 34.1 Å². The summed E-state index contributed by atoms with van der Waals surface area (Å²) >= 11 is 0. The Morgan fingerprint density at radius 1 is 1.22 bits per heavy atom. The van der Waals surface area contributed by atoms with E-state index in [1.54, 1.807) is 0 Å². The molecule has 134 valence electrons. The number of aliphatic hydroxyl groups is 3. The van der Waals surface area contributed by atoms with E-state index >= 15 is 0 Å². The Labute approximate surface area is 141 Å². The average molecular weight is 325 g/mol. The van der Waals surface area contributed by atoms with Crippen molar-refractivity contribution in [1.29, 1.82) is 0 Å². The van der Waals surface area contributed by atoms with E-state index in [1.165, 1.54) is 0 Å². The summed E-state index contributed by atoms with van der Waals surface area (Å²) in [6.07, 6.45) is 4.76. The van der Waals surface area contributed by atoms with Gasteiger partial charge in [-0.2, -0.15) is 0 Å². The molecule has 6 atom stereocenters. The molecule has 3 N–H and O–H groups in total. The molecule has 2 aliphatic carbocycles. The van der Waals surface area contributed by atoms with Crippen molar-refractivity contribution < 1.29 is 15.3 Å². The topological polar surface area (TPSA) is 60.7 Å². The van der Waals surface area contributed by atoms with Crippen molar-refractivity contribution >= 4 is 0 Å². The lowest BCUT2D eigenvalue weighted by Crippen LogP contribution is -2.57. The summed E-state index contributed by atoms with van der Waals surface area (Å²) in [5, 5.41) is 30.2. The highest BCUT2D eigenvalue weighted by Gasteiger charge is 2.57. The number of hydrogen-bond acceptors (Lipinski definition) is 3. The normalized spacial score (nSPS) is 41.4. The van der Waals surface area contributed by atoms with Crippen molar-refractivity contribution in [2.45, 2.75) is 78.4 Å². The van der Waals surface area contributed by atoms with E-state index in [1.807, 2.05) is 0 Å². The van der Waals surface area contributed by atoms with Crippen LogP contribution in [0.3, 0.4) is 0 Å². The molecule has 0 spiro atoms. The Kier molecular flexibility index (Phi) is 5.65. The van der Waals surface area contributed by atoms with Crippen molar-refractivity contribution in [3.63, 3.8) is 0 Å². The molecule has 2 fully saturated rings. The molecule has 0 bridgehead atoms. The van der Waals surface area contributed by atoms with Crippen LogP contribution >= 0.6 is 0 Å². The van der Waals surface area contributed by atoms with Gasteiger partial charge in [-0.25, -0.2) is 0 Å². The van der Waals surface area contributed by atoms with Gasteiger partial charge in [0.2, 0.25) is 0 Å². The second kappa shape index (κ2) is 6.85. The average Bonchev–Trinajstić information content (AvgIpc) is 2.47. The Hall–Kier alpha value is -0.380. The zero-order valence-corrected chi connectivity index (χ0v) is 15.4. The molecule has 0 saturated heterocycles. The van der Waals surface area contributed by atoms with E-state index in [-0.39, 0.29) is 23.5 Å². The summed E-state index contributed by atoms with van der Waals surface area (Å²) in [6, 6.07) is 0. The van der Waals surface area contributed by atoms with Gasteiger partial charge in [-0.15, -0.1) is 0 Å². The van der Waals surface area contributed by atoms with Gasteiger partial charge in [-0.1, -0.05) is 40.7 Å². The second-order valence-electron chi connectivity index (χ2n) is 9.01. The van der Waals surface area contributed by atoms with Crippen LogP contribution in [0.1, 0.15) is 66.2 Å². The largest absolute Gasteiger partial charge is 0.396 e. The molecule has 0 aliphatic heterocycles. The molecule has 3 nitrogen and oxygen atoms in total. The van der Waals surface area contributed by atoms with Crippen LogP contribution in [0, 0.1) is 28.6 Å². The van der Waals surface area contributed by atoms with Gasteiger partial charge in [0.05, 0.1) is 12.2 Å². The Morgan fingerprint density at radius 3 is 2.48 bits per heavy atom. The molecule has 23 heavy (non-hydrogen) atoms. The standard InChI is InChI=1S/C20H36O3/c1-13(9-11-21)6-7-15-14(2)16(22)12-17-19(3,4)18(23)8-10-20(15,17)5/h13,15-18,21-23H,2,6-12H2,1,3-5H3/t13-,15-,16-,17-,18-,20+/m0/s1. The molecule has 0 aromatic carbocycles. The predicted octanol–water partition coefficient (Wildman–Crippen LogP) is 3.53. The predicted molar refractivity (Wildman–Crippen MR) is 94.0 cm³/mol. The Morgan fingerprint density at radius 2 is 1.87 bits per heavy atom. The van der Waals surface area contributed by atoms with Gasteiger partial charge in [0.15, 0.2) is 0 Å². The monoisotopic (exact) mass is 324 g/mol. The fourth-order valence-corrected chi connectivity index (χ4v) is 5.43. The van der Waals surface area contributed by atoms with Crippen LogP contribution in [0.5, 0.6) is 0 Å². The maximum Gasteiger partial charge on any atom is 0.0753 e. The molecule has 2 rings (SSSR count). The van der Waals surface area contributed by atoms with Crippen molar-refractivity contribution in [2.24, 2.45) is 28.6 Å². The molecule has 0 radical (unpaired) electrons. The molecule has 0 aromatic heterocycles. The van der Waals surface area contributed by atoms with Gasteiger partial charge >= 0.3 is 0 Å². The maximum absolute atomic E-state index is 10.6. The molecular formula is C20H36O3. The van der Waals surface area contributed by atoms with Crippen LogP contribution in [0.4, 0.5) is 0 Å². The zero-order valence-electron chi connectivity index (χ0n) is 15.4. The van der Waals surface area contributed by atoms with Gasteiger partial charge in [-0.3, -0.25) is 0 Å². The smallest absolute Gasteiger partial charge is 0.0753 e. The summed E-state index contributed by atoms with van der Waals surface area (Å²) in [6.45, 7) is 13.3. The lowest BCUT2D eigenvalue weighted by Gasteiger charge is -2.60. The summed E-state index contributed by atoms with van der Waals surface area (Å²) < 4.78 is 0. The molecule has 3 heteroatoms. The summed E-state index contributed by atoms with van der Waals surface area (Å²) in [5.41, 5.74) is 0.939. The third-order valence-corrected chi connectivity index (χ3v) is 7.21. The Bertz CT molecular complexity index is 431.